The molecule has 1 unspecified atom stereocenters. The molecule has 3 heteroatoms. The Morgan fingerprint density at radius 1 is 1.21 bits per heavy atom. The van der Waals surface area contributed by atoms with Crippen LogP contribution in [0.3, 0.4) is 0 Å². The van der Waals surface area contributed by atoms with E-state index < -0.39 is 0 Å². The van der Waals surface area contributed by atoms with Gasteiger partial charge < -0.3 is 11.1 Å². The fraction of sp³-hybridized carbons (Fsp3) is 0.438. The molecule has 0 amide bonds. The van der Waals surface area contributed by atoms with Crippen molar-refractivity contribution in [2.45, 2.75) is 45.6 Å². The number of benzene rings is 1. The fourth-order valence-corrected chi connectivity index (χ4v) is 2.25. The van der Waals surface area contributed by atoms with Gasteiger partial charge in [-0.1, -0.05) is 26.2 Å². The van der Waals surface area contributed by atoms with Crippen molar-refractivity contribution in [3.8, 4) is 0 Å². The molecule has 2 rings (SSSR count). The van der Waals surface area contributed by atoms with Gasteiger partial charge in [-0.2, -0.15) is 0 Å². The van der Waals surface area contributed by atoms with E-state index in [1.54, 1.807) is 0 Å². The molecule has 1 atom stereocenters. The Morgan fingerprint density at radius 2 is 2.05 bits per heavy atom. The highest BCUT2D eigenvalue weighted by atomic mass is 15.0. The van der Waals surface area contributed by atoms with Gasteiger partial charge in [0.15, 0.2) is 0 Å². The lowest BCUT2D eigenvalue weighted by Crippen LogP contribution is -2.15. The number of rotatable bonds is 6. The van der Waals surface area contributed by atoms with Crippen LogP contribution >= 0.6 is 0 Å². The number of unbranched alkanes of at least 4 members (excludes halogenated alkanes) is 2. The third kappa shape index (κ3) is 3.85. The quantitative estimate of drug-likeness (QED) is 0.602. The number of aromatic nitrogens is 1. The summed E-state index contributed by atoms with van der Waals surface area (Å²) in [5.41, 5.74) is 7.53. The van der Waals surface area contributed by atoms with E-state index in [1.165, 1.54) is 25.7 Å². The summed E-state index contributed by atoms with van der Waals surface area (Å²) in [4.78, 5) is 4.62. The summed E-state index contributed by atoms with van der Waals surface area (Å²) >= 11 is 0. The van der Waals surface area contributed by atoms with Gasteiger partial charge in [0, 0.05) is 17.1 Å². The maximum absolute atomic E-state index is 5.77. The van der Waals surface area contributed by atoms with E-state index in [-0.39, 0.29) is 0 Å². The molecule has 19 heavy (non-hydrogen) atoms. The second-order valence-electron chi connectivity index (χ2n) is 5.19. The smallest absolute Gasteiger partial charge is 0.126 e. The highest BCUT2D eigenvalue weighted by molar-refractivity contribution is 5.83. The second-order valence-corrected chi connectivity index (χ2v) is 5.19. The van der Waals surface area contributed by atoms with Crippen LogP contribution in [0.1, 0.15) is 39.5 Å². The highest BCUT2D eigenvalue weighted by Gasteiger charge is 2.04. The van der Waals surface area contributed by atoms with E-state index in [4.69, 9.17) is 5.73 Å². The summed E-state index contributed by atoms with van der Waals surface area (Å²) in [6, 6.07) is 10.4. The zero-order valence-electron chi connectivity index (χ0n) is 11.8. The van der Waals surface area contributed by atoms with E-state index in [1.807, 2.05) is 24.3 Å². The number of hydrogen-bond acceptors (Lipinski definition) is 3. The van der Waals surface area contributed by atoms with E-state index in [9.17, 15) is 0 Å². The van der Waals surface area contributed by atoms with E-state index in [0.717, 1.165) is 22.4 Å². The lowest BCUT2D eigenvalue weighted by Gasteiger charge is -2.14. The number of anilines is 2. The van der Waals surface area contributed by atoms with Gasteiger partial charge in [0.2, 0.25) is 0 Å². The molecule has 0 spiro atoms. The number of fused-ring (bicyclic) bond motifs is 1. The number of pyridine rings is 1. The lowest BCUT2D eigenvalue weighted by molar-refractivity contribution is 0.614. The van der Waals surface area contributed by atoms with Gasteiger partial charge in [-0.05, 0) is 43.7 Å². The Bertz CT molecular complexity index is 537. The fourth-order valence-electron chi connectivity index (χ4n) is 2.25. The second kappa shape index (κ2) is 6.41. The predicted octanol–water partition coefficient (Wildman–Crippen LogP) is 4.20. The first-order valence-electron chi connectivity index (χ1n) is 7.12. The maximum Gasteiger partial charge on any atom is 0.126 e. The van der Waals surface area contributed by atoms with Crippen molar-refractivity contribution in [1.82, 2.24) is 4.98 Å². The van der Waals surface area contributed by atoms with Crippen LogP contribution in [0.4, 0.5) is 11.5 Å². The molecule has 2 aromatic rings. The SMILES string of the molecule is CCCCCC(C)Nc1ccc2cc(N)ccc2n1. The molecule has 0 aliphatic heterocycles. The molecule has 102 valence electrons. The Balaban J connectivity index is 2.02. The van der Waals surface area contributed by atoms with Crippen molar-refractivity contribution in [3.63, 3.8) is 0 Å². The predicted molar refractivity (Wildman–Crippen MR) is 83.4 cm³/mol. The van der Waals surface area contributed by atoms with Crippen molar-refractivity contribution >= 4 is 22.4 Å². The first-order valence-corrected chi connectivity index (χ1v) is 7.12. The molecular formula is C16H23N3. The van der Waals surface area contributed by atoms with Crippen LogP contribution in [0.5, 0.6) is 0 Å². The monoisotopic (exact) mass is 257 g/mol. The van der Waals surface area contributed by atoms with Crippen molar-refractivity contribution < 1.29 is 0 Å². The van der Waals surface area contributed by atoms with Gasteiger partial charge in [-0.3, -0.25) is 0 Å². The van der Waals surface area contributed by atoms with Crippen molar-refractivity contribution in [1.29, 1.82) is 0 Å². The molecule has 3 nitrogen and oxygen atoms in total. The average molecular weight is 257 g/mol. The Kier molecular flexibility index (Phi) is 4.61. The molecule has 0 saturated carbocycles. The third-order valence-corrected chi connectivity index (χ3v) is 3.35. The summed E-state index contributed by atoms with van der Waals surface area (Å²) in [5.74, 6) is 0.946. The van der Waals surface area contributed by atoms with Gasteiger partial charge in [-0.15, -0.1) is 0 Å². The molecule has 3 N–H and O–H groups in total. The van der Waals surface area contributed by atoms with Gasteiger partial charge >= 0.3 is 0 Å². The Labute approximate surface area is 115 Å². The van der Waals surface area contributed by atoms with E-state index >= 15 is 0 Å². The molecule has 0 aliphatic carbocycles. The summed E-state index contributed by atoms with van der Waals surface area (Å²) in [7, 11) is 0. The lowest BCUT2D eigenvalue weighted by atomic mass is 10.1. The van der Waals surface area contributed by atoms with Crippen LogP contribution in [-0.4, -0.2) is 11.0 Å². The topological polar surface area (TPSA) is 50.9 Å². The van der Waals surface area contributed by atoms with Crippen molar-refractivity contribution in [2.75, 3.05) is 11.1 Å². The van der Waals surface area contributed by atoms with Crippen LogP contribution < -0.4 is 11.1 Å². The van der Waals surface area contributed by atoms with Crippen LogP contribution in [0.2, 0.25) is 0 Å². The minimum absolute atomic E-state index is 0.463. The normalized spacial score (nSPS) is 12.5. The van der Waals surface area contributed by atoms with Crippen LogP contribution in [-0.2, 0) is 0 Å². The largest absolute Gasteiger partial charge is 0.399 e. The van der Waals surface area contributed by atoms with Crippen LogP contribution in [0, 0.1) is 0 Å². The molecule has 0 saturated heterocycles. The standard InChI is InChI=1S/C16H23N3/c1-3-4-5-6-12(2)18-16-10-7-13-11-14(17)8-9-15(13)19-16/h7-12H,3-6,17H2,1-2H3,(H,18,19). The van der Waals surface area contributed by atoms with Gasteiger partial charge in [0.1, 0.15) is 5.82 Å². The Morgan fingerprint density at radius 3 is 2.84 bits per heavy atom. The molecule has 0 fully saturated rings. The molecule has 0 radical (unpaired) electrons. The van der Waals surface area contributed by atoms with E-state index in [0.29, 0.717) is 6.04 Å². The molecule has 1 aromatic heterocycles. The van der Waals surface area contributed by atoms with Gasteiger partial charge in [0.25, 0.3) is 0 Å². The maximum atomic E-state index is 5.77. The Hall–Kier alpha value is -1.77. The zero-order valence-corrected chi connectivity index (χ0v) is 11.8. The van der Waals surface area contributed by atoms with E-state index in [2.05, 4.69) is 30.2 Å². The first kappa shape index (κ1) is 13.7. The van der Waals surface area contributed by atoms with Crippen molar-refractivity contribution in [2.24, 2.45) is 0 Å². The minimum atomic E-state index is 0.463. The van der Waals surface area contributed by atoms with Crippen LogP contribution in [0.25, 0.3) is 10.9 Å². The summed E-state index contributed by atoms with van der Waals surface area (Å²) in [6.45, 7) is 4.44. The van der Waals surface area contributed by atoms with Crippen molar-refractivity contribution in [3.05, 3.63) is 30.3 Å². The number of hydrogen-bond donors (Lipinski definition) is 2. The number of nitrogen functional groups attached to an aromatic ring is 1. The minimum Gasteiger partial charge on any atom is -0.399 e. The summed E-state index contributed by atoms with van der Waals surface area (Å²) < 4.78 is 0. The number of nitrogens with one attached hydrogen (secondary N) is 1. The molecular weight excluding hydrogens is 234 g/mol. The van der Waals surface area contributed by atoms with Gasteiger partial charge in [0.05, 0.1) is 5.52 Å². The summed E-state index contributed by atoms with van der Waals surface area (Å²) in [5, 5.41) is 4.55. The third-order valence-electron chi connectivity index (χ3n) is 3.35. The zero-order chi connectivity index (χ0) is 13.7. The molecule has 1 heterocycles. The molecule has 0 bridgehead atoms. The van der Waals surface area contributed by atoms with Crippen LogP contribution in [0.15, 0.2) is 30.3 Å². The number of nitrogens with two attached hydrogens (primary N) is 1. The highest BCUT2D eigenvalue weighted by Crippen LogP contribution is 2.19. The summed E-state index contributed by atoms with van der Waals surface area (Å²) in [6.07, 6.45) is 5.03. The van der Waals surface area contributed by atoms with Gasteiger partial charge in [-0.25, -0.2) is 4.98 Å². The number of nitrogens with zero attached hydrogens (tertiary/aromatic N) is 1. The first-order chi connectivity index (χ1) is 9.19. The molecule has 1 aromatic carbocycles. The molecule has 0 aliphatic rings. The average Bonchev–Trinajstić information content (AvgIpc) is 2.39.